The topological polar surface area (TPSA) is 482 Å². The standard InChI is InChI=1S/C70H102O31/c1-29-42(76)47(81)55(98-59-50(84)45(79)43(77)35(26-71)93-59)61(91-29)100-57-52(86)53(96-41(75)17-12-31-10-13-32(90-9)14-11-31)30(2)92-62(57)101-64(89)70-23-22-65(3,4)24-34(70)33-15-16-38-66(5)20-19-40(67(6,28-73)37(66)18-21-68(38,7)69(33,8)25-39(70)74)95-63-56(49(83)48(82)54(97-63)58(87)88)99-60-51(85)46(80)44(78)36(27-72)94-60/h10-15,17,28-30,34-40,42-57,59-63,71-72,74,76-86H,16,18-27H2,1-9H3,(H,87,88)/t29-,30+,34-,35+,36+,37+,38+,39+,40-,42-,43+,44-,45-,46-,47+,48-,49-,50+,51+,52-,53-,54-,55+,56+,57+,59-,60-,61-,62-,63+,66-,67-,68+,69+,70+/m0/s1. The monoisotopic (exact) mass is 1440 g/mol. The lowest BCUT2D eigenvalue weighted by Gasteiger charge is -2.71. The summed E-state index contributed by atoms with van der Waals surface area (Å²) < 4.78 is 72.2. The number of methoxy groups -OCH3 is 1. The molecule has 31 nitrogen and oxygen atoms in total. The number of ether oxygens (including phenoxy) is 12. The van der Waals surface area contributed by atoms with E-state index in [0.29, 0.717) is 49.8 Å². The van der Waals surface area contributed by atoms with Crippen molar-refractivity contribution in [2.75, 3.05) is 20.3 Å². The minimum Gasteiger partial charge on any atom is -0.497 e. The number of fused-ring (bicyclic) bond motifs is 7. The highest BCUT2D eigenvalue weighted by atomic mass is 16.8. The van der Waals surface area contributed by atoms with E-state index < -0.39 is 241 Å². The first-order chi connectivity index (χ1) is 47.5. The Morgan fingerprint density at radius 3 is 1.70 bits per heavy atom. The summed E-state index contributed by atoms with van der Waals surface area (Å²) in [6.45, 7) is 13.5. The van der Waals surface area contributed by atoms with Crippen LogP contribution in [0.5, 0.6) is 5.75 Å². The van der Waals surface area contributed by atoms with Crippen LogP contribution in [0.15, 0.2) is 42.0 Å². The Hall–Kier alpha value is -4.34. The molecule has 5 aliphatic heterocycles. The number of carbonyl (C=O) groups is 4. The Balaban J connectivity index is 0.884. The van der Waals surface area contributed by atoms with Gasteiger partial charge in [0, 0.05) is 6.08 Å². The van der Waals surface area contributed by atoms with Gasteiger partial charge in [0.25, 0.3) is 0 Å². The van der Waals surface area contributed by atoms with Crippen molar-refractivity contribution < 1.29 is 153 Å². The summed E-state index contributed by atoms with van der Waals surface area (Å²) in [5, 5.41) is 166. The average Bonchev–Trinajstić information content (AvgIpc) is 0.671. The fourth-order valence-electron chi connectivity index (χ4n) is 19.0. The Morgan fingerprint density at radius 1 is 0.564 bits per heavy atom. The summed E-state index contributed by atoms with van der Waals surface area (Å²) in [4.78, 5) is 56.3. The molecule has 31 heteroatoms. The Labute approximate surface area is 583 Å². The zero-order chi connectivity index (χ0) is 73.7. The van der Waals surface area contributed by atoms with Crippen molar-refractivity contribution in [1.82, 2.24) is 0 Å². The molecule has 9 fully saturated rings. The summed E-state index contributed by atoms with van der Waals surface area (Å²) in [6, 6.07) is 6.72. The lowest BCUT2D eigenvalue weighted by Crippen LogP contribution is -2.69. The second-order valence-corrected chi connectivity index (χ2v) is 31.4. The second-order valence-electron chi connectivity index (χ2n) is 31.4. The molecule has 5 heterocycles. The van der Waals surface area contributed by atoms with E-state index >= 15 is 4.79 Å². The van der Waals surface area contributed by atoms with E-state index in [0.717, 1.165) is 17.9 Å². The predicted molar refractivity (Wildman–Crippen MR) is 341 cm³/mol. The molecule has 5 aliphatic carbocycles. The van der Waals surface area contributed by atoms with Gasteiger partial charge >= 0.3 is 17.9 Å². The average molecular weight is 1440 g/mol. The van der Waals surface area contributed by atoms with E-state index in [-0.39, 0.29) is 25.2 Å². The molecule has 4 saturated carbocycles. The van der Waals surface area contributed by atoms with Crippen LogP contribution in [0.25, 0.3) is 6.08 Å². The van der Waals surface area contributed by atoms with Gasteiger partial charge in [-0.15, -0.1) is 0 Å². The minimum absolute atomic E-state index is 0.0423. The Kier molecular flexibility index (Phi) is 22.7. The van der Waals surface area contributed by atoms with E-state index in [1.807, 2.05) is 0 Å². The highest BCUT2D eigenvalue weighted by molar-refractivity contribution is 5.87. The van der Waals surface area contributed by atoms with E-state index in [9.17, 15) is 91.0 Å². The number of esters is 2. The number of carboxylic acids is 1. The molecule has 1 aromatic carbocycles. The van der Waals surface area contributed by atoms with Crippen LogP contribution in [0.4, 0.5) is 0 Å². The SMILES string of the molecule is COc1ccc(C=CC(=O)O[C@@H]2[C@H](O)[C@@H](O[C@@H]3O[C@@H](C)[C@H](O)[C@@H](O)[C@H]3O[C@@H]3O[C@H](CO)[C@@H](O)[C@H](O)[C@H]3O)[C@H](OC(=O)[C@]34CCC(C)(C)C[C@H]3C3=CC[C@@H]5[C@@]6(C)CC[C@H](O[C@@H]7O[C@H](C(=O)O)[C@@H](O)[C@H](O)[C@H]7O[C@@H]7O[C@H](CO)[C@H](O)[C@H](O)[C@H]7O)[C@@](C)(C=O)[C@@H]6CC[C@@]5(C)[C@]3(C)C[C@H]4O)O[C@@H]2C)cc1. The van der Waals surface area contributed by atoms with Gasteiger partial charge in [-0.3, -0.25) is 4.79 Å². The van der Waals surface area contributed by atoms with Crippen LogP contribution in [0.1, 0.15) is 119 Å². The van der Waals surface area contributed by atoms with Crippen LogP contribution in [0, 0.1) is 50.2 Å². The molecule has 11 rings (SSSR count). The zero-order valence-electron chi connectivity index (χ0n) is 58.0. The summed E-state index contributed by atoms with van der Waals surface area (Å²) >= 11 is 0. The maximum atomic E-state index is 16.0. The molecule has 568 valence electrons. The van der Waals surface area contributed by atoms with Crippen molar-refractivity contribution >= 4 is 30.3 Å². The second kappa shape index (κ2) is 29.4. The fourth-order valence-corrected chi connectivity index (χ4v) is 19.0. The summed E-state index contributed by atoms with van der Waals surface area (Å²) in [7, 11) is 1.50. The first-order valence-electron chi connectivity index (χ1n) is 34.9. The van der Waals surface area contributed by atoms with Gasteiger partial charge in [-0.2, -0.15) is 0 Å². The number of hydrogen-bond acceptors (Lipinski definition) is 30. The van der Waals surface area contributed by atoms with Gasteiger partial charge in [0.15, 0.2) is 43.5 Å². The normalized spacial score (nSPS) is 49.7. The number of benzene rings is 1. The van der Waals surface area contributed by atoms with Crippen molar-refractivity contribution in [3.8, 4) is 5.75 Å². The van der Waals surface area contributed by atoms with Crippen molar-refractivity contribution in [2.24, 2.45) is 50.2 Å². The van der Waals surface area contributed by atoms with Crippen molar-refractivity contribution in [3.05, 3.63) is 47.6 Å². The van der Waals surface area contributed by atoms with Gasteiger partial charge in [-0.25, -0.2) is 9.59 Å². The maximum absolute atomic E-state index is 16.0. The third-order valence-electron chi connectivity index (χ3n) is 25.2. The Bertz CT molecular complexity index is 3170. The third-order valence-corrected chi connectivity index (χ3v) is 25.2. The number of aliphatic hydroxyl groups excluding tert-OH is 14. The molecule has 5 saturated heterocycles. The third kappa shape index (κ3) is 13.6. The maximum Gasteiger partial charge on any atom is 0.335 e. The molecule has 0 radical (unpaired) electrons. The van der Waals surface area contributed by atoms with E-state index in [2.05, 4.69) is 40.7 Å². The molecule has 0 aromatic heterocycles. The van der Waals surface area contributed by atoms with Crippen molar-refractivity contribution in [3.63, 3.8) is 0 Å². The van der Waals surface area contributed by atoms with E-state index in [4.69, 9.17) is 56.8 Å². The zero-order valence-corrected chi connectivity index (χ0v) is 58.0. The van der Waals surface area contributed by atoms with Gasteiger partial charge in [-0.1, -0.05) is 65.3 Å². The fraction of sp³-hybridized carbons (Fsp3) is 0.800. The molecule has 0 amide bonds. The largest absolute Gasteiger partial charge is 0.497 e. The quantitative estimate of drug-likeness (QED) is 0.0258. The molecule has 10 aliphatic rings. The van der Waals surface area contributed by atoms with Crippen molar-refractivity contribution in [2.45, 2.75) is 279 Å². The molecule has 1 aromatic rings. The van der Waals surface area contributed by atoms with Gasteiger partial charge in [0.1, 0.15) is 109 Å². The molecule has 35 atom stereocenters. The van der Waals surface area contributed by atoms with Gasteiger partial charge in [-0.05, 0) is 135 Å². The van der Waals surface area contributed by atoms with E-state index in [1.54, 1.807) is 31.2 Å². The highest BCUT2D eigenvalue weighted by Crippen LogP contribution is 2.76. The van der Waals surface area contributed by atoms with Crippen LogP contribution in [-0.4, -0.2) is 287 Å². The highest BCUT2D eigenvalue weighted by Gasteiger charge is 2.73. The number of hydrogen-bond donors (Lipinski definition) is 15. The van der Waals surface area contributed by atoms with Gasteiger partial charge < -0.3 is 138 Å². The number of rotatable bonds is 18. The lowest BCUT2D eigenvalue weighted by atomic mass is 9.33. The number of allylic oxidation sites excluding steroid dienone is 2. The van der Waals surface area contributed by atoms with E-state index in [1.165, 1.54) is 27.0 Å². The number of aliphatic carboxylic acids is 1. The molecule has 0 bridgehead atoms. The molecular formula is C70H102O31. The van der Waals surface area contributed by atoms with Crippen LogP contribution < -0.4 is 4.74 Å². The molecule has 0 spiro atoms. The Morgan fingerprint density at radius 2 is 1.13 bits per heavy atom. The first-order valence-corrected chi connectivity index (χ1v) is 34.9. The van der Waals surface area contributed by atoms with Gasteiger partial charge in [0.05, 0.1) is 50.2 Å². The van der Waals surface area contributed by atoms with Crippen LogP contribution >= 0.6 is 0 Å². The summed E-state index contributed by atoms with van der Waals surface area (Å²) in [5.41, 5.74) is -4.09. The van der Waals surface area contributed by atoms with Gasteiger partial charge in [0.2, 0.25) is 6.29 Å². The smallest absolute Gasteiger partial charge is 0.335 e. The lowest BCUT2D eigenvalue weighted by molar-refractivity contribution is -0.388. The van der Waals surface area contributed by atoms with Crippen LogP contribution in [0.3, 0.4) is 0 Å². The number of aldehydes is 1. The molecule has 101 heavy (non-hydrogen) atoms. The number of aliphatic hydroxyl groups is 14. The number of carbonyl (C=O) groups excluding carboxylic acids is 3. The predicted octanol–water partition coefficient (Wildman–Crippen LogP) is -1.64. The van der Waals surface area contributed by atoms with Crippen LogP contribution in [-0.2, 0) is 71.3 Å². The molecular weight excluding hydrogens is 1340 g/mol. The van der Waals surface area contributed by atoms with Crippen molar-refractivity contribution in [1.29, 1.82) is 0 Å². The van der Waals surface area contributed by atoms with Crippen LogP contribution in [0.2, 0.25) is 0 Å². The molecule has 15 N–H and O–H groups in total. The number of carboxylic acid groups (broad SMARTS) is 1. The summed E-state index contributed by atoms with van der Waals surface area (Å²) in [6.07, 6.45) is -39.6. The summed E-state index contributed by atoms with van der Waals surface area (Å²) in [5.74, 6) is -4.29. The first kappa shape index (κ1) is 77.8. The minimum atomic E-state index is -2.12. The molecule has 0 unspecified atom stereocenters.